The molecule has 0 aromatic heterocycles. The summed E-state index contributed by atoms with van der Waals surface area (Å²) in [4.78, 5) is 27.9. The van der Waals surface area contributed by atoms with Crippen molar-refractivity contribution in [2.45, 2.75) is 19.1 Å². The summed E-state index contributed by atoms with van der Waals surface area (Å²) in [7, 11) is 0. The molecular weight excluding hydrogens is 324 g/mol. The van der Waals surface area contributed by atoms with Crippen LogP contribution < -0.4 is 0 Å². The number of morpholine rings is 2. The lowest BCUT2D eigenvalue weighted by Gasteiger charge is -2.42. The van der Waals surface area contributed by atoms with Gasteiger partial charge in [-0.25, -0.2) is 4.79 Å². The molecule has 2 heterocycles. The standard InChI is InChI=1S/C18H24N2O5/c1-18(17(23)20-6-8-24-9-7-20)13-19(5-10-25-18)12-14-3-2-4-15(11-14)16(21)22/h2-4,11H,5-10,12-13H2,1H3,(H,21,22). The van der Waals surface area contributed by atoms with Crippen LogP contribution in [0.15, 0.2) is 24.3 Å². The van der Waals surface area contributed by atoms with Crippen molar-refractivity contribution in [1.82, 2.24) is 9.80 Å². The van der Waals surface area contributed by atoms with Gasteiger partial charge in [0.15, 0.2) is 5.60 Å². The van der Waals surface area contributed by atoms with Crippen LogP contribution in [0, 0.1) is 0 Å². The van der Waals surface area contributed by atoms with Crippen molar-refractivity contribution in [2.75, 3.05) is 46.0 Å². The molecule has 1 atom stereocenters. The maximum Gasteiger partial charge on any atom is 0.335 e. The highest BCUT2D eigenvalue weighted by molar-refractivity contribution is 5.87. The smallest absolute Gasteiger partial charge is 0.335 e. The van der Waals surface area contributed by atoms with Crippen molar-refractivity contribution in [3.63, 3.8) is 0 Å². The van der Waals surface area contributed by atoms with Gasteiger partial charge in [-0.1, -0.05) is 12.1 Å². The van der Waals surface area contributed by atoms with Gasteiger partial charge in [0, 0.05) is 32.7 Å². The Morgan fingerprint density at radius 3 is 2.68 bits per heavy atom. The van der Waals surface area contributed by atoms with Crippen LogP contribution in [0.1, 0.15) is 22.8 Å². The Labute approximate surface area is 147 Å². The van der Waals surface area contributed by atoms with Gasteiger partial charge in [0.25, 0.3) is 5.91 Å². The normalized spacial score (nSPS) is 24.9. The molecule has 0 aliphatic carbocycles. The van der Waals surface area contributed by atoms with Crippen molar-refractivity contribution in [1.29, 1.82) is 0 Å². The number of carbonyl (C=O) groups is 2. The molecule has 0 spiro atoms. The van der Waals surface area contributed by atoms with E-state index >= 15 is 0 Å². The summed E-state index contributed by atoms with van der Waals surface area (Å²) in [6.45, 7) is 6.42. The van der Waals surface area contributed by atoms with Crippen molar-refractivity contribution in [3.05, 3.63) is 35.4 Å². The van der Waals surface area contributed by atoms with Gasteiger partial charge in [0.2, 0.25) is 0 Å². The molecule has 2 fully saturated rings. The van der Waals surface area contributed by atoms with Crippen LogP contribution in [0.25, 0.3) is 0 Å². The molecule has 1 amide bonds. The summed E-state index contributed by atoms with van der Waals surface area (Å²) in [5.74, 6) is -0.934. The minimum absolute atomic E-state index is 0.000198. The highest BCUT2D eigenvalue weighted by Crippen LogP contribution is 2.23. The van der Waals surface area contributed by atoms with Gasteiger partial charge in [-0.15, -0.1) is 0 Å². The van der Waals surface area contributed by atoms with Crippen LogP contribution in [0.2, 0.25) is 0 Å². The third-order valence-corrected chi connectivity index (χ3v) is 4.68. The second-order valence-corrected chi connectivity index (χ2v) is 6.70. The topological polar surface area (TPSA) is 79.3 Å². The molecule has 2 aliphatic rings. The van der Waals surface area contributed by atoms with Crippen LogP contribution in [-0.4, -0.2) is 78.4 Å². The number of benzene rings is 1. The van der Waals surface area contributed by atoms with Crippen LogP contribution in [0.4, 0.5) is 0 Å². The maximum atomic E-state index is 12.9. The monoisotopic (exact) mass is 348 g/mol. The van der Waals surface area contributed by atoms with Gasteiger partial charge in [-0.2, -0.15) is 0 Å². The molecule has 1 unspecified atom stereocenters. The first-order valence-corrected chi connectivity index (χ1v) is 8.54. The highest BCUT2D eigenvalue weighted by atomic mass is 16.5. The summed E-state index contributed by atoms with van der Waals surface area (Å²) in [6, 6.07) is 6.91. The summed E-state index contributed by atoms with van der Waals surface area (Å²) >= 11 is 0. The fourth-order valence-electron chi connectivity index (χ4n) is 3.38. The van der Waals surface area contributed by atoms with E-state index in [1.807, 2.05) is 13.0 Å². The zero-order chi connectivity index (χ0) is 17.9. The summed E-state index contributed by atoms with van der Waals surface area (Å²) < 4.78 is 11.2. The third-order valence-electron chi connectivity index (χ3n) is 4.68. The first-order chi connectivity index (χ1) is 12.0. The SMILES string of the molecule is CC1(C(=O)N2CCOCC2)CN(Cc2cccc(C(=O)O)c2)CCO1. The molecule has 1 aromatic carbocycles. The van der Waals surface area contributed by atoms with Crippen LogP contribution in [0.3, 0.4) is 0 Å². The van der Waals surface area contributed by atoms with Gasteiger partial charge in [0.1, 0.15) is 0 Å². The lowest BCUT2D eigenvalue weighted by molar-refractivity contribution is -0.171. The molecule has 25 heavy (non-hydrogen) atoms. The number of ether oxygens (including phenoxy) is 2. The minimum atomic E-state index is -0.934. The minimum Gasteiger partial charge on any atom is -0.478 e. The molecule has 0 bridgehead atoms. The van der Waals surface area contributed by atoms with Crippen molar-refractivity contribution in [3.8, 4) is 0 Å². The van der Waals surface area contributed by atoms with Crippen molar-refractivity contribution >= 4 is 11.9 Å². The number of carboxylic acid groups (broad SMARTS) is 1. The zero-order valence-electron chi connectivity index (χ0n) is 14.4. The van der Waals surface area contributed by atoms with E-state index < -0.39 is 11.6 Å². The molecular formula is C18H24N2O5. The van der Waals surface area contributed by atoms with E-state index in [-0.39, 0.29) is 11.5 Å². The summed E-state index contributed by atoms with van der Waals surface area (Å²) in [5, 5.41) is 9.12. The lowest BCUT2D eigenvalue weighted by Crippen LogP contribution is -2.60. The average molecular weight is 348 g/mol. The first-order valence-electron chi connectivity index (χ1n) is 8.54. The van der Waals surface area contributed by atoms with Gasteiger partial charge < -0.3 is 19.5 Å². The molecule has 7 nitrogen and oxygen atoms in total. The van der Waals surface area contributed by atoms with E-state index in [1.54, 1.807) is 23.1 Å². The number of hydrogen-bond donors (Lipinski definition) is 1. The van der Waals surface area contributed by atoms with E-state index in [4.69, 9.17) is 14.6 Å². The number of rotatable bonds is 4. The number of nitrogens with zero attached hydrogens (tertiary/aromatic N) is 2. The third kappa shape index (κ3) is 4.18. The Morgan fingerprint density at radius 2 is 1.96 bits per heavy atom. The van der Waals surface area contributed by atoms with Crippen molar-refractivity contribution < 1.29 is 24.2 Å². The van der Waals surface area contributed by atoms with E-state index in [2.05, 4.69) is 4.90 Å². The molecule has 7 heteroatoms. The van der Waals surface area contributed by atoms with E-state index in [0.29, 0.717) is 52.5 Å². The number of amides is 1. The van der Waals surface area contributed by atoms with Gasteiger partial charge in [0.05, 0.1) is 25.4 Å². The Bertz CT molecular complexity index is 644. The van der Waals surface area contributed by atoms with E-state index in [0.717, 1.165) is 5.56 Å². The Hall–Kier alpha value is -1.96. The predicted octanol–water partition coefficient (Wildman–Crippen LogP) is 0.835. The second kappa shape index (κ2) is 7.51. The van der Waals surface area contributed by atoms with Crippen LogP contribution in [0.5, 0.6) is 0 Å². The summed E-state index contributed by atoms with van der Waals surface area (Å²) in [5.41, 5.74) is 0.320. The van der Waals surface area contributed by atoms with Gasteiger partial charge in [-0.05, 0) is 24.6 Å². The zero-order valence-corrected chi connectivity index (χ0v) is 14.4. The first kappa shape index (κ1) is 17.8. The van der Waals surface area contributed by atoms with E-state index in [1.165, 1.54) is 0 Å². The highest BCUT2D eigenvalue weighted by Gasteiger charge is 2.42. The molecule has 0 saturated carbocycles. The predicted molar refractivity (Wildman–Crippen MR) is 90.4 cm³/mol. The Balaban J connectivity index is 1.67. The number of carbonyl (C=O) groups excluding carboxylic acids is 1. The molecule has 1 N–H and O–H groups in total. The van der Waals surface area contributed by atoms with Gasteiger partial charge >= 0.3 is 5.97 Å². The fraction of sp³-hybridized carbons (Fsp3) is 0.556. The number of hydrogen-bond acceptors (Lipinski definition) is 5. The number of carboxylic acids is 1. The molecule has 2 aliphatic heterocycles. The lowest BCUT2D eigenvalue weighted by atomic mass is 10.0. The number of aromatic carboxylic acids is 1. The average Bonchev–Trinajstić information content (AvgIpc) is 2.62. The molecule has 3 rings (SSSR count). The Kier molecular flexibility index (Phi) is 5.36. The van der Waals surface area contributed by atoms with Crippen molar-refractivity contribution in [2.24, 2.45) is 0 Å². The fourth-order valence-corrected chi connectivity index (χ4v) is 3.38. The second-order valence-electron chi connectivity index (χ2n) is 6.70. The van der Waals surface area contributed by atoms with Crippen LogP contribution in [-0.2, 0) is 20.8 Å². The van der Waals surface area contributed by atoms with E-state index in [9.17, 15) is 9.59 Å². The quantitative estimate of drug-likeness (QED) is 0.868. The largest absolute Gasteiger partial charge is 0.478 e. The molecule has 2 saturated heterocycles. The molecule has 136 valence electrons. The summed E-state index contributed by atoms with van der Waals surface area (Å²) in [6.07, 6.45) is 0. The Morgan fingerprint density at radius 1 is 1.20 bits per heavy atom. The molecule has 1 aromatic rings. The van der Waals surface area contributed by atoms with Crippen LogP contribution >= 0.6 is 0 Å². The molecule has 0 radical (unpaired) electrons. The van der Waals surface area contributed by atoms with Gasteiger partial charge in [-0.3, -0.25) is 9.69 Å². The maximum absolute atomic E-state index is 12.9.